The number of nitrogens with one attached hydrogen (secondary N) is 1. The van der Waals surface area contributed by atoms with Crippen LogP contribution in [0.5, 0.6) is 0 Å². The van der Waals surface area contributed by atoms with Gasteiger partial charge in [-0.15, -0.1) is 0 Å². The molecule has 0 amide bonds. The molecule has 0 unspecified atom stereocenters. The first-order chi connectivity index (χ1) is 14.8. The Morgan fingerprint density at radius 3 is 2.42 bits per heavy atom. The Kier molecular flexibility index (Phi) is 7.43. The van der Waals surface area contributed by atoms with Crippen LogP contribution in [0.2, 0.25) is 0 Å². The van der Waals surface area contributed by atoms with Crippen LogP contribution in [0.4, 0.5) is 4.39 Å². The zero-order valence-corrected chi connectivity index (χ0v) is 17.7. The molecule has 0 radical (unpaired) electrons. The molecule has 2 aromatic rings. The number of carbonyl (C=O) groups excluding carboxylic acids is 1. The van der Waals surface area contributed by atoms with Crippen molar-refractivity contribution in [1.29, 1.82) is 0 Å². The van der Waals surface area contributed by atoms with E-state index in [0.717, 1.165) is 12.1 Å². The van der Waals surface area contributed by atoms with E-state index >= 15 is 0 Å². The molecule has 31 heavy (non-hydrogen) atoms. The van der Waals surface area contributed by atoms with Crippen LogP contribution in [0.1, 0.15) is 59.3 Å². The lowest BCUT2D eigenvalue weighted by Gasteiger charge is -2.13. The Morgan fingerprint density at radius 1 is 1.13 bits per heavy atom. The summed E-state index contributed by atoms with van der Waals surface area (Å²) in [5.41, 5.74) is 2.57. The molecule has 0 aromatic heterocycles. The molecule has 5 nitrogen and oxygen atoms in total. The van der Waals surface area contributed by atoms with E-state index in [1.165, 1.54) is 25.0 Å². The number of carboxylic acid groups (broad SMARTS) is 1. The molecule has 0 atom stereocenters. The first-order valence-corrected chi connectivity index (χ1v) is 10.4. The highest BCUT2D eigenvalue weighted by Crippen LogP contribution is 2.27. The van der Waals surface area contributed by atoms with E-state index in [-0.39, 0.29) is 24.1 Å². The van der Waals surface area contributed by atoms with E-state index in [4.69, 9.17) is 9.84 Å². The summed E-state index contributed by atoms with van der Waals surface area (Å²) in [5.74, 6) is 4.57. The summed E-state index contributed by atoms with van der Waals surface area (Å²) in [6.07, 6.45) is 1.90. The molecule has 0 heterocycles. The molecule has 0 aliphatic heterocycles. The lowest BCUT2D eigenvalue weighted by Crippen LogP contribution is -2.20. The molecule has 162 valence electrons. The van der Waals surface area contributed by atoms with Crippen LogP contribution >= 0.6 is 0 Å². The van der Waals surface area contributed by atoms with Crippen molar-refractivity contribution >= 4 is 11.9 Å². The van der Waals surface area contributed by atoms with Crippen LogP contribution in [0.3, 0.4) is 0 Å². The van der Waals surface area contributed by atoms with E-state index in [1.54, 1.807) is 18.2 Å². The van der Waals surface area contributed by atoms with E-state index in [9.17, 15) is 14.0 Å². The molecule has 1 aliphatic rings. The van der Waals surface area contributed by atoms with Gasteiger partial charge in [0.2, 0.25) is 0 Å². The van der Waals surface area contributed by atoms with Gasteiger partial charge in [0.1, 0.15) is 5.82 Å². The molecule has 1 aliphatic carbocycles. The number of benzene rings is 2. The van der Waals surface area contributed by atoms with Crippen LogP contribution < -0.4 is 5.32 Å². The molecule has 3 rings (SSSR count). The fourth-order valence-electron chi connectivity index (χ4n) is 3.10. The molecule has 2 aromatic carbocycles. The summed E-state index contributed by atoms with van der Waals surface area (Å²) in [7, 11) is 0. The Balaban J connectivity index is 1.80. The summed E-state index contributed by atoms with van der Waals surface area (Å²) in [6.45, 7) is 5.07. The lowest BCUT2D eigenvalue weighted by molar-refractivity contribution is -0.136. The van der Waals surface area contributed by atoms with Gasteiger partial charge >= 0.3 is 11.9 Å². The number of ether oxygens (including phenoxy) is 1. The van der Waals surface area contributed by atoms with Gasteiger partial charge in [0.25, 0.3) is 0 Å². The molecule has 0 spiro atoms. The van der Waals surface area contributed by atoms with Crippen LogP contribution in [-0.4, -0.2) is 29.7 Å². The van der Waals surface area contributed by atoms with Crippen molar-refractivity contribution in [3.8, 4) is 11.8 Å². The predicted molar refractivity (Wildman–Crippen MR) is 115 cm³/mol. The van der Waals surface area contributed by atoms with Gasteiger partial charge in [-0.1, -0.05) is 17.9 Å². The van der Waals surface area contributed by atoms with Gasteiger partial charge in [-0.2, -0.15) is 0 Å². The summed E-state index contributed by atoms with van der Waals surface area (Å²) < 4.78 is 19.4. The van der Waals surface area contributed by atoms with Gasteiger partial charge in [-0.05, 0) is 80.6 Å². The normalized spacial score (nSPS) is 12.9. The van der Waals surface area contributed by atoms with E-state index in [2.05, 4.69) is 17.2 Å². The maximum Gasteiger partial charge on any atom is 0.338 e. The van der Waals surface area contributed by atoms with Crippen LogP contribution in [-0.2, 0) is 22.5 Å². The maximum atomic E-state index is 14.1. The van der Waals surface area contributed by atoms with Crippen molar-refractivity contribution in [3.63, 3.8) is 0 Å². The van der Waals surface area contributed by atoms with Gasteiger partial charge in [0.15, 0.2) is 0 Å². The van der Waals surface area contributed by atoms with E-state index < -0.39 is 11.8 Å². The minimum absolute atomic E-state index is 0.120. The van der Waals surface area contributed by atoms with Gasteiger partial charge in [-0.3, -0.25) is 4.79 Å². The third kappa shape index (κ3) is 6.94. The SMILES string of the molecule is CC(C)OC(=O)c1ccc(C#Cc2ccc(CC(=O)O)c(F)c2)cc1CNCC1CC1. The zero-order chi connectivity index (χ0) is 22.4. The Hall–Kier alpha value is -3.17. The second kappa shape index (κ2) is 10.2. The molecule has 0 saturated heterocycles. The molecule has 6 heteroatoms. The topological polar surface area (TPSA) is 75.6 Å². The third-order valence-electron chi connectivity index (χ3n) is 4.86. The molecular formula is C25H26FNO4. The van der Waals surface area contributed by atoms with Crippen molar-refractivity contribution in [2.75, 3.05) is 6.54 Å². The second-order valence-corrected chi connectivity index (χ2v) is 8.03. The standard InChI is InChI=1S/C25H26FNO4/c1-16(2)31-25(30)22-10-8-17(11-21(22)15-27-14-19-5-6-19)3-4-18-7-9-20(13-24(28)29)23(26)12-18/h7-12,16,19,27H,5-6,13-15H2,1-2H3,(H,28,29). The van der Waals surface area contributed by atoms with Crippen molar-refractivity contribution in [2.24, 2.45) is 5.92 Å². The van der Waals surface area contributed by atoms with Gasteiger partial charge in [0, 0.05) is 17.7 Å². The number of carboxylic acids is 1. The van der Waals surface area contributed by atoms with E-state index in [1.807, 2.05) is 19.9 Å². The van der Waals surface area contributed by atoms with Crippen LogP contribution in [0.15, 0.2) is 36.4 Å². The minimum Gasteiger partial charge on any atom is -0.481 e. The molecular weight excluding hydrogens is 397 g/mol. The highest BCUT2D eigenvalue weighted by Gasteiger charge is 2.21. The Labute approximate surface area is 181 Å². The highest BCUT2D eigenvalue weighted by atomic mass is 19.1. The fraction of sp³-hybridized carbons (Fsp3) is 0.360. The monoisotopic (exact) mass is 423 g/mol. The number of hydrogen-bond donors (Lipinski definition) is 2. The first-order valence-electron chi connectivity index (χ1n) is 10.4. The number of esters is 1. The second-order valence-electron chi connectivity index (χ2n) is 8.03. The minimum atomic E-state index is -1.09. The van der Waals surface area contributed by atoms with Crippen LogP contribution in [0.25, 0.3) is 0 Å². The van der Waals surface area contributed by atoms with Gasteiger partial charge in [-0.25, -0.2) is 9.18 Å². The average Bonchev–Trinajstić information content (AvgIpc) is 3.52. The highest BCUT2D eigenvalue weighted by molar-refractivity contribution is 5.91. The molecule has 0 bridgehead atoms. The quantitative estimate of drug-likeness (QED) is 0.497. The average molecular weight is 423 g/mol. The largest absolute Gasteiger partial charge is 0.481 e. The Bertz CT molecular complexity index is 1030. The number of aliphatic carboxylic acids is 1. The first kappa shape index (κ1) is 22.5. The number of carbonyl (C=O) groups is 2. The fourth-order valence-corrected chi connectivity index (χ4v) is 3.10. The number of halogens is 1. The summed E-state index contributed by atoms with van der Waals surface area (Å²) in [5, 5.41) is 12.2. The summed E-state index contributed by atoms with van der Waals surface area (Å²) >= 11 is 0. The third-order valence-corrected chi connectivity index (χ3v) is 4.86. The van der Waals surface area contributed by atoms with Crippen molar-refractivity contribution in [1.82, 2.24) is 5.32 Å². The number of rotatable bonds is 8. The molecule has 1 fully saturated rings. The van der Waals surface area contributed by atoms with Gasteiger partial charge < -0.3 is 15.2 Å². The zero-order valence-electron chi connectivity index (χ0n) is 17.7. The summed E-state index contributed by atoms with van der Waals surface area (Å²) in [4.78, 5) is 23.2. The lowest BCUT2D eigenvalue weighted by atomic mass is 10.0. The van der Waals surface area contributed by atoms with Crippen molar-refractivity contribution < 1.29 is 23.8 Å². The van der Waals surface area contributed by atoms with Crippen molar-refractivity contribution in [2.45, 2.75) is 45.8 Å². The molecule has 1 saturated carbocycles. The van der Waals surface area contributed by atoms with Gasteiger partial charge in [0.05, 0.1) is 18.1 Å². The summed E-state index contributed by atoms with van der Waals surface area (Å²) in [6, 6.07) is 9.56. The smallest absolute Gasteiger partial charge is 0.338 e. The maximum absolute atomic E-state index is 14.1. The molecule has 2 N–H and O–H groups in total. The predicted octanol–water partition coefficient (Wildman–Crippen LogP) is 3.92. The van der Waals surface area contributed by atoms with E-state index in [0.29, 0.717) is 29.2 Å². The number of hydrogen-bond acceptors (Lipinski definition) is 4. The van der Waals surface area contributed by atoms with Crippen molar-refractivity contribution in [3.05, 3.63) is 70.0 Å². The Morgan fingerprint density at radius 2 is 1.81 bits per heavy atom. The van der Waals surface area contributed by atoms with Crippen LogP contribution in [0, 0.1) is 23.6 Å².